The first-order valence-electron chi connectivity index (χ1n) is 5.14. The third-order valence-electron chi connectivity index (χ3n) is 2.35. The second-order valence-corrected chi connectivity index (χ2v) is 4.52. The molecule has 0 saturated carbocycles. The predicted octanol–water partition coefficient (Wildman–Crippen LogP) is 0.577. The first kappa shape index (κ1) is 12.4. The summed E-state index contributed by atoms with van der Waals surface area (Å²) in [5.41, 5.74) is 11.1. The Morgan fingerprint density at radius 1 is 1.50 bits per heavy atom. The fraction of sp³-hybridized carbons (Fsp3) is 0.455. The molecule has 88 valence electrons. The van der Waals surface area contributed by atoms with Crippen LogP contribution in [0.15, 0.2) is 18.3 Å². The van der Waals surface area contributed by atoms with E-state index in [0.29, 0.717) is 17.9 Å². The van der Waals surface area contributed by atoms with Gasteiger partial charge in [-0.25, -0.2) is 4.98 Å². The zero-order valence-electron chi connectivity index (χ0n) is 9.66. The van der Waals surface area contributed by atoms with Crippen LogP contribution in [-0.4, -0.2) is 24.0 Å². The average Bonchev–Trinajstić information content (AvgIpc) is 2.27. The van der Waals surface area contributed by atoms with Crippen molar-refractivity contribution in [3.05, 3.63) is 23.9 Å². The minimum Gasteiger partial charge on any atom is -0.369 e. The van der Waals surface area contributed by atoms with Crippen LogP contribution in [0.5, 0.6) is 0 Å². The van der Waals surface area contributed by atoms with E-state index in [1.165, 1.54) is 6.20 Å². The molecule has 0 radical (unpaired) electrons. The van der Waals surface area contributed by atoms with E-state index < -0.39 is 5.91 Å². The third-order valence-corrected chi connectivity index (χ3v) is 2.35. The molecule has 0 aliphatic carbocycles. The molecule has 1 amide bonds. The minimum atomic E-state index is -0.471. The zero-order valence-corrected chi connectivity index (χ0v) is 9.66. The summed E-state index contributed by atoms with van der Waals surface area (Å²) in [6.07, 6.45) is 1.46. The molecule has 0 bridgehead atoms. The zero-order chi connectivity index (χ0) is 12.2. The van der Waals surface area contributed by atoms with E-state index in [1.807, 2.05) is 0 Å². The average molecular weight is 222 g/mol. The number of hydrogen-bond donors (Lipinski definition) is 3. The Morgan fingerprint density at radius 3 is 2.62 bits per heavy atom. The summed E-state index contributed by atoms with van der Waals surface area (Å²) in [5, 5.41) is 3.16. The van der Waals surface area contributed by atoms with Crippen LogP contribution in [0.3, 0.4) is 0 Å². The van der Waals surface area contributed by atoms with Gasteiger partial charge in [0.25, 0.3) is 0 Å². The van der Waals surface area contributed by atoms with Crippen molar-refractivity contribution in [1.82, 2.24) is 4.98 Å². The van der Waals surface area contributed by atoms with Gasteiger partial charge in [0.1, 0.15) is 5.82 Å². The van der Waals surface area contributed by atoms with E-state index in [9.17, 15) is 4.79 Å². The summed E-state index contributed by atoms with van der Waals surface area (Å²) in [6, 6.07) is 3.37. The van der Waals surface area contributed by atoms with Crippen molar-refractivity contribution in [1.29, 1.82) is 0 Å². The number of rotatable bonds is 5. The van der Waals surface area contributed by atoms with Gasteiger partial charge >= 0.3 is 0 Å². The number of anilines is 1. The fourth-order valence-corrected chi connectivity index (χ4v) is 1.05. The van der Waals surface area contributed by atoms with Crippen LogP contribution in [0.25, 0.3) is 0 Å². The van der Waals surface area contributed by atoms with Crippen molar-refractivity contribution in [3.8, 4) is 0 Å². The summed E-state index contributed by atoms with van der Waals surface area (Å²) in [7, 11) is 0. The van der Waals surface area contributed by atoms with Crippen molar-refractivity contribution >= 4 is 11.7 Å². The molecule has 16 heavy (non-hydrogen) atoms. The molecule has 0 fully saturated rings. The highest BCUT2D eigenvalue weighted by atomic mass is 16.1. The number of carbonyl (C=O) groups is 1. The topological polar surface area (TPSA) is 94.0 Å². The smallest absolute Gasteiger partial charge is 0.250 e. The van der Waals surface area contributed by atoms with Crippen LogP contribution < -0.4 is 16.8 Å². The second-order valence-electron chi connectivity index (χ2n) is 4.52. The molecule has 1 aromatic rings. The number of nitrogens with one attached hydrogen (secondary N) is 1. The maximum Gasteiger partial charge on any atom is 0.250 e. The molecular formula is C11H18N4O. The van der Waals surface area contributed by atoms with Gasteiger partial charge in [-0.2, -0.15) is 0 Å². The van der Waals surface area contributed by atoms with E-state index in [1.54, 1.807) is 12.1 Å². The van der Waals surface area contributed by atoms with Crippen molar-refractivity contribution in [2.24, 2.45) is 16.9 Å². The molecular weight excluding hydrogens is 204 g/mol. The molecule has 0 aliphatic rings. The van der Waals surface area contributed by atoms with Crippen molar-refractivity contribution in [3.63, 3.8) is 0 Å². The summed E-state index contributed by atoms with van der Waals surface area (Å²) in [5.74, 6) is 0.243. The summed E-state index contributed by atoms with van der Waals surface area (Å²) < 4.78 is 0. The Morgan fingerprint density at radius 2 is 2.19 bits per heavy atom. The van der Waals surface area contributed by atoms with E-state index in [2.05, 4.69) is 24.1 Å². The number of carbonyl (C=O) groups excluding carboxylic acids is 1. The van der Waals surface area contributed by atoms with Crippen molar-refractivity contribution in [2.45, 2.75) is 13.8 Å². The highest BCUT2D eigenvalue weighted by Crippen LogP contribution is 2.13. The predicted molar refractivity (Wildman–Crippen MR) is 64.1 cm³/mol. The van der Waals surface area contributed by atoms with Crippen LogP contribution in [0.4, 0.5) is 5.82 Å². The number of nitrogens with zero attached hydrogens (tertiary/aromatic N) is 1. The first-order valence-corrected chi connectivity index (χ1v) is 5.14. The lowest BCUT2D eigenvalue weighted by molar-refractivity contribution is 0.1000. The Kier molecular flexibility index (Phi) is 3.84. The van der Waals surface area contributed by atoms with Crippen LogP contribution in [0.1, 0.15) is 24.2 Å². The van der Waals surface area contributed by atoms with Gasteiger partial charge < -0.3 is 16.8 Å². The van der Waals surface area contributed by atoms with Gasteiger partial charge in [-0.05, 0) is 24.1 Å². The summed E-state index contributed by atoms with van der Waals surface area (Å²) in [4.78, 5) is 14.9. The highest BCUT2D eigenvalue weighted by molar-refractivity contribution is 5.92. The van der Waals surface area contributed by atoms with Gasteiger partial charge in [0, 0.05) is 12.7 Å². The second kappa shape index (κ2) is 4.94. The Hall–Kier alpha value is -1.62. The first-order chi connectivity index (χ1) is 7.44. The van der Waals surface area contributed by atoms with Gasteiger partial charge in [0.2, 0.25) is 5.91 Å². The number of nitrogens with two attached hydrogens (primary N) is 2. The molecule has 1 aromatic heterocycles. The maximum atomic E-state index is 10.8. The number of primary amides is 1. The molecule has 1 heterocycles. The number of aromatic nitrogens is 1. The van der Waals surface area contributed by atoms with Crippen LogP contribution >= 0.6 is 0 Å². The minimum absolute atomic E-state index is 0.0179. The normalized spacial score (nSPS) is 11.2. The van der Waals surface area contributed by atoms with Crippen LogP contribution in [0, 0.1) is 5.41 Å². The molecule has 1 rings (SSSR count). The largest absolute Gasteiger partial charge is 0.369 e. The van der Waals surface area contributed by atoms with Gasteiger partial charge in [0.05, 0.1) is 5.56 Å². The van der Waals surface area contributed by atoms with Crippen molar-refractivity contribution < 1.29 is 4.79 Å². The molecule has 5 nitrogen and oxygen atoms in total. The Balaban J connectivity index is 2.59. The quantitative estimate of drug-likeness (QED) is 0.679. The summed E-state index contributed by atoms with van der Waals surface area (Å²) in [6.45, 7) is 5.46. The number of hydrogen-bond acceptors (Lipinski definition) is 4. The lowest BCUT2D eigenvalue weighted by Gasteiger charge is -2.22. The van der Waals surface area contributed by atoms with Crippen LogP contribution in [-0.2, 0) is 0 Å². The number of pyridine rings is 1. The van der Waals surface area contributed by atoms with Crippen LogP contribution in [0.2, 0.25) is 0 Å². The third kappa shape index (κ3) is 3.51. The molecule has 5 heteroatoms. The maximum absolute atomic E-state index is 10.8. The van der Waals surface area contributed by atoms with E-state index >= 15 is 0 Å². The molecule has 0 saturated heterocycles. The molecule has 5 N–H and O–H groups in total. The standard InChI is InChI=1S/C11H18N4O/c1-11(2,6-12)7-15-9-4-3-8(5-14-9)10(13)16/h3-5H,6-7,12H2,1-2H3,(H2,13,16)(H,14,15). The van der Waals surface area contributed by atoms with Gasteiger partial charge in [0.15, 0.2) is 0 Å². The van der Waals surface area contributed by atoms with Gasteiger partial charge in [-0.3, -0.25) is 4.79 Å². The number of amides is 1. The lowest BCUT2D eigenvalue weighted by atomic mass is 9.94. The SMILES string of the molecule is CC(C)(CN)CNc1ccc(C(N)=O)cn1. The molecule has 0 unspecified atom stereocenters. The van der Waals surface area contributed by atoms with E-state index in [-0.39, 0.29) is 5.41 Å². The van der Waals surface area contributed by atoms with Gasteiger partial charge in [-0.1, -0.05) is 13.8 Å². The monoisotopic (exact) mass is 222 g/mol. The molecule has 0 atom stereocenters. The Labute approximate surface area is 95.2 Å². The fourth-order valence-electron chi connectivity index (χ4n) is 1.05. The van der Waals surface area contributed by atoms with Crippen molar-refractivity contribution in [2.75, 3.05) is 18.4 Å². The van der Waals surface area contributed by atoms with Gasteiger partial charge in [-0.15, -0.1) is 0 Å². The lowest BCUT2D eigenvalue weighted by Crippen LogP contribution is -2.31. The molecule has 0 aromatic carbocycles. The highest BCUT2D eigenvalue weighted by Gasteiger charge is 2.15. The summed E-state index contributed by atoms with van der Waals surface area (Å²) >= 11 is 0. The van der Waals surface area contributed by atoms with E-state index in [4.69, 9.17) is 11.5 Å². The molecule has 0 aliphatic heterocycles. The Bertz CT molecular complexity index is 359. The molecule has 0 spiro atoms. The van der Waals surface area contributed by atoms with E-state index in [0.717, 1.165) is 6.54 Å².